The number of hydrogen-bond donors (Lipinski definition) is 0. The molecule has 0 radical (unpaired) electrons. The maximum absolute atomic E-state index is 10.8. The van der Waals surface area contributed by atoms with Gasteiger partial charge in [-0.1, -0.05) is 0 Å². The number of ether oxygens (including phenoxy) is 3. The molecule has 68 valence electrons. The largest absolute Gasteiger partial charge is 0.459 e. The van der Waals surface area contributed by atoms with Gasteiger partial charge < -0.3 is 14.2 Å². The second-order valence-corrected chi connectivity index (χ2v) is 2.23. The molecule has 0 aliphatic carbocycles. The minimum Gasteiger partial charge on any atom is -0.459 e. The van der Waals surface area contributed by atoms with Crippen LogP contribution in [0.4, 0.5) is 0 Å². The highest BCUT2D eigenvalue weighted by Crippen LogP contribution is 2.05. The number of carbonyl (C=O) groups excluding carboxylic acids is 2. The van der Waals surface area contributed by atoms with Crippen LogP contribution in [0, 0.1) is 0 Å². The van der Waals surface area contributed by atoms with Gasteiger partial charge in [-0.2, -0.15) is 0 Å². The lowest BCUT2D eigenvalue weighted by molar-refractivity contribution is -0.180. The van der Waals surface area contributed by atoms with E-state index < -0.39 is 18.2 Å². The van der Waals surface area contributed by atoms with Gasteiger partial charge in [-0.15, -0.1) is 0 Å². The third kappa shape index (κ3) is 2.50. The van der Waals surface area contributed by atoms with E-state index in [1.54, 1.807) is 6.92 Å². The van der Waals surface area contributed by atoms with Gasteiger partial charge in [0.25, 0.3) is 0 Å². The molecule has 0 saturated carbocycles. The molecule has 0 aromatic rings. The van der Waals surface area contributed by atoms with Gasteiger partial charge in [-0.25, -0.2) is 0 Å². The van der Waals surface area contributed by atoms with Gasteiger partial charge in [-0.05, 0) is 6.92 Å². The van der Waals surface area contributed by atoms with Gasteiger partial charge >= 0.3 is 11.9 Å². The first-order valence-electron chi connectivity index (χ1n) is 3.69. The summed E-state index contributed by atoms with van der Waals surface area (Å²) in [5, 5.41) is 0. The fraction of sp³-hybridized carbons (Fsp3) is 0.714. The van der Waals surface area contributed by atoms with E-state index in [2.05, 4.69) is 4.74 Å². The van der Waals surface area contributed by atoms with Crippen LogP contribution in [0.5, 0.6) is 0 Å². The lowest BCUT2D eigenvalue weighted by Gasteiger charge is -2.12. The molecule has 12 heavy (non-hydrogen) atoms. The van der Waals surface area contributed by atoms with Crippen LogP contribution in [0.2, 0.25) is 0 Å². The number of esters is 2. The van der Waals surface area contributed by atoms with Crippen molar-refractivity contribution in [2.45, 2.75) is 19.6 Å². The molecule has 0 aromatic carbocycles. The Morgan fingerprint density at radius 3 is 2.92 bits per heavy atom. The zero-order valence-electron chi connectivity index (χ0n) is 6.74. The first kappa shape index (κ1) is 8.99. The third-order valence-corrected chi connectivity index (χ3v) is 1.28. The van der Waals surface area contributed by atoms with Crippen molar-refractivity contribution < 1.29 is 23.8 Å². The summed E-state index contributed by atoms with van der Waals surface area (Å²) < 4.78 is 14.3. The standard InChI is InChI=1S/C7H10O5/c1-2-10-7-4-11-5(8)3-6(9)12-7/h7H,2-4H2,1H3. The van der Waals surface area contributed by atoms with Gasteiger partial charge in [0.15, 0.2) is 6.61 Å². The Balaban J connectivity index is 2.46. The van der Waals surface area contributed by atoms with Crippen LogP contribution in [0.15, 0.2) is 0 Å². The highest BCUT2D eigenvalue weighted by Gasteiger charge is 2.24. The molecule has 1 fully saturated rings. The topological polar surface area (TPSA) is 61.8 Å². The Kier molecular flexibility index (Phi) is 3.04. The minimum atomic E-state index is -0.742. The minimum absolute atomic E-state index is 0.0155. The van der Waals surface area contributed by atoms with Gasteiger partial charge in [0.1, 0.15) is 6.42 Å². The molecule has 1 aliphatic heterocycles. The SMILES string of the molecule is CCOC1COC(=O)CC(=O)O1. The summed E-state index contributed by atoms with van der Waals surface area (Å²) in [6.45, 7) is 2.16. The number of carbonyl (C=O) groups is 2. The van der Waals surface area contributed by atoms with Crippen molar-refractivity contribution in [3.63, 3.8) is 0 Å². The molecule has 0 N–H and O–H groups in total. The smallest absolute Gasteiger partial charge is 0.319 e. The quantitative estimate of drug-likeness (QED) is 0.430. The van der Waals surface area contributed by atoms with Crippen molar-refractivity contribution >= 4 is 11.9 Å². The summed E-state index contributed by atoms with van der Waals surface area (Å²) in [6, 6.07) is 0. The van der Waals surface area contributed by atoms with Crippen molar-refractivity contribution in [2.24, 2.45) is 0 Å². The lowest BCUT2D eigenvalue weighted by Crippen LogP contribution is -2.23. The fourth-order valence-corrected chi connectivity index (χ4v) is 0.820. The highest BCUT2D eigenvalue weighted by molar-refractivity contribution is 5.91. The van der Waals surface area contributed by atoms with Crippen LogP contribution in [-0.2, 0) is 23.8 Å². The predicted octanol–water partition coefficient (Wildman–Crippen LogP) is -0.161. The van der Waals surface area contributed by atoms with Gasteiger partial charge in [0.05, 0.1) is 0 Å². The summed E-state index contributed by atoms with van der Waals surface area (Å²) in [5.41, 5.74) is 0. The normalized spacial score (nSPS) is 24.2. The molecule has 0 amide bonds. The Hall–Kier alpha value is -1.10. The summed E-state index contributed by atoms with van der Waals surface area (Å²) in [5.74, 6) is -1.17. The molecule has 1 heterocycles. The first-order chi connectivity index (χ1) is 5.72. The van der Waals surface area contributed by atoms with E-state index in [4.69, 9.17) is 9.47 Å². The van der Waals surface area contributed by atoms with Crippen LogP contribution >= 0.6 is 0 Å². The summed E-state index contributed by atoms with van der Waals surface area (Å²) in [6.07, 6.45) is -1.07. The van der Waals surface area contributed by atoms with Crippen LogP contribution < -0.4 is 0 Å². The van der Waals surface area contributed by atoms with E-state index in [1.165, 1.54) is 0 Å². The van der Waals surface area contributed by atoms with Crippen LogP contribution in [0.25, 0.3) is 0 Å². The van der Waals surface area contributed by atoms with E-state index in [-0.39, 0.29) is 13.0 Å². The van der Waals surface area contributed by atoms with E-state index in [9.17, 15) is 9.59 Å². The average molecular weight is 174 g/mol. The summed E-state index contributed by atoms with van der Waals surface area (Å²) in [4.78, 5) is 21.4. The van der Waals surface area contributed by atoms with E-state index in [0.717, 1.165) is 0 Å². The van der Waals surface area contributed by atoms with Crippen molar-refractivity contribution in [2.75, 3.05) is 13.2 Å². The second-order valence-electron chi connectivity index (χ2n) is 2.23. The molecule has 1 rings (SSSR count). The summed E-state index contributed by atoms with van der Waals surface area (Å²) >= 11 is 0. The van der Waals surface area contributed by atoms with Crippen LogP contribution in [0.1, 0.15) is 13.3 Å². The van der Waals surface area contributed by atoms with E-state index in [0.29, 0.717) is 6.61 Å². The third-order valence-electron chi connectivity index (χ3n) is 1.28. The molecule has 1 aliphatic rings. The highest BCUT2D eigenvalue weighted by atomic mass is 16.7. The van der Waals surface area contributed by atoms with E-state index >= 15 is 0 Å². The van der Waals surface area contributed by atoms with Gasteiger partial charge in [0, 0.05) is 6.61 Å². The fourth-order valence-electron chi connectivity index (χ4n) is 0.820. The molecule has 1 unspecified atom stereocenters. The Bertz CT molecular complexity index is 188. The maximum atomic E-state index is 10.8. The van der Waals surface area contributed by atoms with Crippen molar-refractivity contribution in [3.8, 4) is 0 Å². The summed E-state index contributed by atoms with van der Waals surface area (Å²) in [7, 11) is 0. The van der Waals surface area contributed by atoms with Crippen molar-refractivity contribution in [3.05, 3.63) is 0 Å². The molecule has 0 bridgehead atoms. The first-order valence-corrected chi connectivity index (χ1v) is 3.69. The molecular formula is C7H10O5. The average Bonchev–Trinajstić information content (AvgIpc) is 2.13. The number of cyclic esters (lactones) is 2. The van der Waals surface area contributed by atoms with Gasteiger partial charge in [-0.3, -0.25) is 9.59 Å². The maximum Gasteiger partial charge on any atom is 0.319 e. The monoisotopic (exact) mass is 174 g/mol. The Morgan fingerprint density at radius 2 is 2.25 bits per heavy atom. The van der Waals surface area contributed by atoms with Crippen LogP contribution in [-0.4, -0.2) is 31.4 Å². The molecule has 5 nitrogen and oxygen atoms in total. The lowest BCUT2D eigenvalue weighted by atomic mass is 10.4. The molecule has 0 spiro atoms. The van der Waals surface area contributed by atoms with Crippen LogP contribution in [0.3, 0.4) is 0 Å². The van der Waals surface area contributed by atoms with Crippen molar-refractivity contribution in [1.29, 1.82) is 0 Å². The Morgan fingerprint density at radius 1 is 1.50 bits per heavy atom. The molecular weight excluding hydrogens is 164 g/mol. The van der Waals surface area contributed by atoms with Crippen molar-refractivity contribution in [1.82, 2.24) is 0 Å². The molecule has 1 saturated heterocycles. The predicted molar refractivity (Wildman–Crippen MR) is 37.1 cm³/mol. The Labute approximate surface area is 69.6 Å². The molecule has 5 heteroatoms. The molecule has 0 aromatic heterocycles. The number of rotatable bonds is 2. The number of hydrogen-bond acceptors (Lipinski definition) is 5. The zero-order valence-corrected chi connectivity index (χ0v) is 6.74. The second kappa shape index (κ2) is 4.06. The van der Waals surface area contributed by atoms with E-state index in [1.807, 2.05) is 0 Å². The zero-order chi connectivity index (χ0) is 8.97. The molecule has 1 atom stereocenters. The van der Waals surface area contributed by atoms with Gasteiger partial charge in [0.2, 0.25) is 6.29 Å².